The first-order chi connectivity index (χ1) is 61.6. The highest BCUT2D eigenvalue weighted by Crippen LogP contribution is 2.40. The summed E-state index contributed by atoms with van der Waals surface area (Å²) in [5, 5.41) is 0. The van der Waals surface area contributed by atoms with Crippen LogP contribution in [0.5, 0.6) is 0 Å². The molecule has 20 aromatic carbocycles. The van der Waals surface area contributed by atoms with Gasteiger partial charge in [-0.25, -0.2) is 0 Å². The molecule has 20 aromatic rings. The van der Waals surface area contributed by atoms with E-state index >= 15 is 0 Å². The zero-order chi connectivity index (χ0) is 85.3. The molecule has 0 heteroatoms. The SMILES string of the molecule is Cc1ccc(-c2ccccc2-c2cccc(-c3ccccc3)c2)cc1.Cc1cccc(-c2ccccc2-c2ccc(-c3ccccc3)cc2)c1.Cc1ccccc1-c1cccc(-c2ccc(-c3ccccc3)cc2)c1.Cc1ccccc1-c1cccc(-c2cccc(-c3ccccc3)c2)c1.Cc1ccccc1-c1cccc(-c2ccccc2-c2ccccc2)c1. The molecule has 20 rings (SSSR count). The summed E-state index contributed by atoms with van der Waals surface area (Å²) in [6, 6.07) is 183. The van der Waals surface area contributed by atoms with E-state index in [9.17, 15) is 0 Å². The Morgan fingerprint density at radius 3 is 0.544 bits per heavy atom. The van der Waals surface area contributed by atoms with Crippen molar-refractivity contribution in [3.63, 3.8) is 0 Å². The zero-order valence-electron chi connectivity index (χ0n) is 71.6. The molecule has 0 atom stereocenters. The predicted octanol–water partition coefficient (Wildman–Crippen LogP) is 35.0. The van der Waals surface area contributed by atoms with Crippen LogP contribution in [-0.2, 0) is 0 Å². The van der Waals surface area contributed by atoms with Crippen LogP contribution in [0.15, 0.2) is 516 Å². The lowest BCUT2D eigenvalue weighted by molar-refractivity contribution is 1.46. The minimum Gasteiger partial charge on any atom is -0.0622 e. The quantitative estimate of drug-likeness (QED) is 0.0960. The van der Waals surface area contributed by atoms with Crippen LogP contribution in [0.3, 0.4) is 0 Å². The Kier molecular flexibility index (Phi) is 27.3. The van der Waals surface area contributed by atoms with Crippen molar-refractivity contribution in [3.05, 3.63) is 543 Å². The first-order valence-corrected chi connectivity index (χ1v) is 43.2. The minimum absolute atomic E-state index is 1.25. The third-order valence-electron chi connectivity index (χ3n) is 23.0. The molecule has 0 saturated heterocycles. The van der Waals surface area contributed by atoms with E-state index in [0.717, 1.165) is 0 Å². The standard InChI is InChI=1S/5C25H20/c1-19-9-5-6-16-25(19)24-15-8-14-23(18-24)22-13-7-12-21(17-22)20-10-3-2-4-11-20;1-19-10-5-6-15-23(19)21-13-9-14-22(18-21)25-17-8-7-16-24(25)20-11-3-2-4-12-20;1-19-8-7-11-23(18-19)25-13-6-5-12-24(25)22-16-14-21(15-17-22)20-9-3-2-4-10-20;1-19-8-5-6-13-25(19)24-12-7-11-23(18-24)22-16-14-21(15-17-22)20-9-3-2-4-10-20;1-19-14-16-21(17-15-19)24-12-5-6-13-25(24)23-11-7-10-22(18-23)20-8-3-2-4-9-20/h5*2-18H,1H3. The van der Waals surface area contributed by atoms with Crippen LogP contribution >= 0.6 is 0 Å². The number of aryl methyl sites for hydroxylation is 5. The predicted molar refractivity (Wildman–Crippen MR) is 537 cm³/mol. The lowest BCUT2D eigenvalue weighted by atomic mass is 9.92. The summed E-state index contributed by atoms with van der Waals surface area (Å²) >= 11 is 0. The normalized spacial score (nSPS) is 10.6. The van der Waals surface area contributed by atoms with Crippen LogP contribution in [0.2, 0.25) is 0 Å². The molecule has 0 heterocycles. The van der Waals surface area contributed by atoms with Gasteiger partial charge in [-0.3, -0.25) is 0 Å². The Bertz CT molecular complexity index is 6880. The Morgan fingerprint density at radius 2 is 0.248 bits per heavy atom. The third kappa shape index (κ3) is 21.2. The van der Waals surface area contributed by atoms with Crippen LogP contribution in [0.25, 0.3) is 167 Å². The molecule has 0 aliphatic rings. The Morgan fingerprint density at radius 1 is 0.0880 bits per heavy atom. The first kappa shape index (κ1) is 83.1. The van der Waals surface area contributed by atoms with E-state index in [-0.39, 0.29) is 0 Å². The molecule has 0 amide bonds. The molecule has 0 N–H and O–H groups in total. The maximum absolute atomic E-state index is 2.30. The molecule has 0 aromatic heterocycles. The summed E-state index contributed by atoms with van der Waals surface area (Å²) in [6.07, 6.45) is 0. The first-order valence-electron chi connectivity index (χ1n) is 43.2. The van der Waals surface area contributed by atoms with Crippen molar-refractivity contribution in [1.29, 1.82) is 0 Å². The minimum atomic E-state index is 1.25. The molecule has 0 nitrogen and oxygen atoms in total. The second kappa shape index (κ2) is 41.1. The van der Waals surface area contributed by atoms with Gasteiger partial charge in [-0.15, -0.1) is 0 Å². The van der Waals surface area contributed by atoms with E-state index in [1.165, 1.54) is 195 Å². The van der Waals surface area contributed by atoms with Gasteiger partial charge in [0.25, 0.3) is 0 Å². The molecule has 0 aliphatic heterocycles. The van der Waals surface area contributed by atoms with Gasteiger partial charge in [-0.05, 0) is 249 Å². The van der Waals surface area contributed by atoms with Gasteiger partial charge in [0.2, 0.25) is 0 Å². The van der Waals surface area contributed by atoms with Crippen molar-refractivity contribution >= 4 is 0 Å². The molecule has 0 aliphatic carbocycles. The van der Waals surface area contributed by atoms with Crippen LogP contribution in [-0.4, -0.2) is 0 Å². The van der Waals surface area contributed by atoms with Gasteiger partial charge in [0, 0.05) is 0 Å². The van der Waals surface area contributed by atoms with Crippen LogP contribution in [0.1, 0.15) is 27.8 Å². The average molecular weight is 1600 g/mol. The van der Waals surface area contributed by atoms with Crippen molar-refractivity contribution < 1.29 is 0 Å². The van der Waals surface area contributed by atoms with E-state index < -0.39 is 0 Å². The number of rotatable bonds is 15. The van der Waals surface area contributed by atoms with E-state index in [1.54, 1.807) is 0 Å². The van der Waals surface area contributed by atoms with Crippen LogP contribution in [0, 0.1) is 34.6 Å². The molecule has 125 heavy (non-hydrogen) atoms. The lowest BCUT2D eigenvalue weighted by Crippen LogP contribution is -1.87. The fourth-order valence-electron chi connectivity index (χ4n) is 16.4. The smallest absolute Gasteiger partial charge is 0.0105 e. The molecule has 0 saturated carbocycles. The van der Waals surface area contributed by atoms with Crippen LogP contribution < -0.4 is 0 Å². The molecular weight excluding hydrogens is 1500 g/mol. The van der Waals surface area contributed by atoms with E-state index in [0.29, 0.717) is 0 Å². The highest BCUT2D eigenvalue weighted by molar-refractivity contribution is 5.89. The van der Waals surface area contributed by atoms with Gasteiger partial charge >= 0.3 is 0 Å². The molecular formula is C125H100. The van der Waals surface area contributed by atoms with Crippen LogP contribution in [0.4, 0.5) is 0 Å². The molecule has 600 valence electrons. The van der Waals surface area contributed by atoms with E-state index in [4.69, 9.17) is 0 Å². The van der Waals surface area contributed by atoms with Crippen molar-refractivity contribution in [3.8, 4) is 167 Å². The highest BCUT2D eigenvalue weighted by atomic mass is 14.2. The monoisotopic (exact) mass is 1600 g/mol. The fraction of sp³-hybridized carbons (Fsp3) is 0.0400. The molecule has 0 fully saturated rings. The summed E-state index contributed by atoms with van der Waals surface area (Å²) in [4.78, 5) is 0. The van der Waals surface area contributed by atoms with Gasteiger partial charge in [0.05, 0.1) is 0 Å². The summed E-state index contributed by atoms with van der Waals surface area (Å²) in [5.41, 5.74) is 44.3. The second-order valence-corrected chi connectivity index (χ2v) is 31.7. The maximum atomic E-state index is 2.30. The molecule has 0 bridgehead atoms. The number of benzene rings is 20. The topological polar surface area (TPSA) is 0 Å². The molecule has 0 unspecified atom stereocenters. The largest absolute Gasteiger partial charge is 0.0622 e. The Hall–Kier alpha value is -15.6. The summed E-state index contributed by atoms with van der Waals surface area (Å²) in [5.74, 6) is 0. The van der Waals surface area contributed by atoms with E-state index in [1.807, 2.05) is 0 Å². The van der Waals surface area contributed by atoms with Gasteiger partial charge in [-0.1, -0.05) is 496 Å². The van der Waals surface area contributed by atoms with E-state index in [2.05, 4.69) is 550 Å². The third-order valence-corrected chi connectivity index (χ3v) is 23.0. The fourth-order valence-corrected chi connectivity index (χ4v) is 16.4. The number of hydrogen-bond donors (Lipinski definition) is 0. The summed E-state index contributed by atoms with van der Waals surface area (Å²) < 4.78 is 0. The summed E-state index contributed by atoms with van der Waals surface area (Å²) in [7, 11) is 0. The van der Waals surface area contributed by atoms with Crippen molar-refractivity contribution in [2.24, 2.45) is 0 Å². The maximum Gasteiger partial charge on any atom is -0.0105 e. The van der Waals surface area contributed by atoms with Crippen molar-refractivity contribution in [1.82, 2.24) is 0 Å². The average Bonchev–Trinajstić information content (AvgIpc) is 0.818. The molecule has 0 spiro atoms. The van der Waals surface area contributed by atoms with Gasteiger partial charge in [-0.2, -0.15) is 0 Å². The molecule has 0 radical (unpaired) electrons. The highest BCUT2D eigenvalue weighted by Gasteiger charge is 2.15. The zero-order valence-corrected chi connectivity index (χ0v) is 71.6. The van der Waals surface area contributed by atoms with Gasteiger partial charge in [0.15, 0.2) is 0 Å². The lowest BCUT2D eigenvalue weighted by Gasteiger charge is -2.12. The van der Waals surface area contributed by atoms with Crippen molar-refractivity contribution in [2.45, 2.75) is 34.6 Å². The van der Waals surface area contributed by atoms with Crippen molar-refractivity contribution in [2.75, 3.05) is 0 Å². The summed E-state index contributed by atoms with van der Waals surface area (Å²) in [6.45, 7) is 10.8. The second-order valence-electron chi connectivity index (χ2n) is 31.7. The number of hydrogen-bond acceptors (Lipinski definition) is 0. The van der Waals surface area contributed by atoms with Gasteiger partial charge < -0.3 is 0 Å². The van der Waals surface area contributed by atoms with Gasteiger partial charge in [0.1, 0.15) is 0 Å². The Balaban J connectivity index is 0.000000115. The Labute approximate surface area is 739 Å².